The van der Waals surface area contributed by atoms with E-state index in [9.17, 15) is 4.79 Å². The van der Waals surface area contributed by atoms with Crippen molar-refractivity contribution in [2.45, 2.75) is 27.7 Å². The Labute approximate surface area is 183 Å². The molecule has 0 saturated carbocycles. The van der Waals surface area contributed by atoms with E-state index in [2.05, 4.69) is 23.3 Å². The van der Waals surface area contributed by atoms with Crippen LogP contribution in [0.4, 0.5) is 11.4 Å². The lowest BCUT2D eigenvalue weighted by atomic mass is 10.1. The Hall–Kier alpha value is -3.60. The normalized spacial score (nSPS) is 10.8. The largest absolute Gasteiger partial charge is 0.490 e. The first kappa shape index (κ1) is 22.1. The minimum Gasteiger partial charge on any atom is -0.490 e. The van der Waals surface area contributed by atoms with Crippen LogP contribution in [0.2, 0.25) is 0 Å². The molecule has 0 aliphatic carbocycles. The van der Waals surface area contributed by atoms with E-state index in [0.29, 0.717) is 18.1 Å². The van der Waals surface area contributed by atoms with E-state index in [1.54, 1.807) is 12.3 Å². The number of carbonyl (C=O) groups is 1. The Bertz CT molecular complexity index is 1090. The highest BCUT2D eigenvalue weighted by Gasteiger charge is 2.09. The van der Waals surface area contributed by atoms with Gasteiger partial charge in [0.25, 0.3) is 5.91 Å². The fraction of sp³-hybridized carbons (Fsp3) is 0.231. The topological polar surface area (TPSA) is 59.9 Å². The van der Waals surface area contributed by atoms with Gasteiger partial charge in [0.15, 0.2) is 18.1 Å². The summed E-state index contributed by atoms with van der Waals surface area (Å²) in [5.74, 6) is 0.869. The molecule has 0 heterocycles. The number of aryl methyl sites for hydroxylation is 3. The lowest BCUT2D eigenvalue weighted by Crippen LogP contribution is -2.20. The third-order valence-electron chi connectivity index (χ3n) is 4.63. The molecule has 3 rings (SSSR count). The number of anilines is 1. The molecule has 0 bridgehead atoms. The smallest absolute Gasteiger partial charge is 0.262 e. The van der Waals surface area contributed by atoms with Gasteiger partial charge in [0.05, 0.1) is 12.3 Å². The van der Waals surface area contributed by atoms with E-state index in [1.165, 1.54) is 5.56 Å². The Kier molecular flexibility index (Phi) is 7.44. The Morgan fingerprint density at radius 2 is 1.74 bits per heavy atom. The summed E-state index contributed by atoms with van der Waals surface area (Å²) < 4.78 is 11.4. The minimum absolute atomic E-state index is 0.107. The molecule has 3 aromatic rings. The van der Waals surface area contributed by atoms with Gasteiger partial charge in [-0.05, 0) is 80.8 Å². The second-order valence-corrected chi connectivity index (χ2v) is 7.39. The van der Waals surface area contributed by atoms with E-state index in [4.69, 9.17) is 9.47 Å². The summed E-state index contributed by atoms with van der Waals surface area (Å²) in [5, 5.41) is 2.84. The molecule has 0 unspecified atom stereocenters. The lowest BCUT2D eigenvalue weighted by molar-refractivity contribution is -0.118. The van der Waals surface area contributed by atoms with Crippen molar-refractivity contribution in [3.63, 3.8) is 0 Å². The van der Waals surface area contributed by atoms with Gasteiger partial charge in [0.2, 0.25) is 0 Å². The van der Waals surface area contributed by atoms with Gasteiger partial charge in [0.1, 0.15) is 0 Å². The van der Waals surface area contributed by atoms with Crippen molar-refractivity contribution in [3.05, 3.63) is 82.9 Å². The lowest BCUT2D eigenvalue weighted by Gasteiger charge is -2.13. The molecule has 0 aromatic heterocycles. The van der Waals surface area contributed by atoms with Crippen LogP contribution in [0.15, 0.2) is 65.7 Å². The summed E-state index contributed by atoms with van der Waals surface area (Å²) >= 11 is 0. The second kappa shape index (κ2) is 10.4. The molecule has 3 aromatic carbocycles. The van der Waals surface area contributed by atoms with Gasteiger partial charge in [-0.1, -0.05) is 29.8 Å². The predicted molar refractivity (Wildman–Crippen MR) is 126 cm³/mol. The van der Waals surface area contributed by atoms with Crippen LogP contribution in [-0.4, -0.2) is 25.3 Å². The monoisotopic (exact) mass is 416 g/mol. The fourth-order valence-electron chi connectivity index (χ4n) is 3.15. The number of hydrogen-bond donors (Lipinski definition) is 1. The third kappa shape index (κ3) is 6.44. The van der Waals surface area contributed by atoms with Gasteiger partial charge in [0, 0.05) is 11.9 Å². The number of aliphatic imine (C=N–C) groups is 1. The molecule has 0 aliphatic heterocycles. The molecular formula is C26H28N2O3. The zero-order valence-electron chi connectivity index (χ0n) is 18.4. The van der Waals surface area contributed by atoms with Gasteiger partial charge in [-0.3, -0.25) is 9.79 Å². The van der Waals surface area contributed by atoms with Crippen LogP contribution < -0.4 is 14.8 Å². The minimum atomic E-state index is -0.228. The molecule has 1 N–H and O–H groups in total. The number of nitrogens with one attached hydrogen (secondary N) is 1. The first-order valence-electron chi connectivity index (χ1n) is 10.3. The summed E-state index contributed by atoms with van der Waals surface area (Å²) in [6.07, 6.45) is 1.80. The molecule has 0 aliphatic rings. The van der Waals surface area contributed by atoms with Crippen molar-refractivity contribution in [2.75, 3.05) is 18.5 Å². The summed E-state index contributed by atoms with van der Waals surface area (Å²) in [7, 11) is 0. The molecule has 1 amide bonds. The summed E-state index contributed by atoms with van der Waals surface area (Å²) in [4.78, 5) is 16.8. The zero-order chi connectivity index (χ0) is 22.2. The Morgan fingerprint density at radius 3 is 2.48 bits per heavy atom. The van der Waals surface area contributed by atoms with Crippen molar-refractivity contribution in [1.82, 2.24) is 0 Å². The van der Waals surface area contributed by atoms with E-state index >= 15 is 0 Å². The number of amides is 1. The quantitative estimate of drug-likeness (QED) is 0.474. The van der Waals surface area contributed by atoms with Crippen LogP contribution in [0.1, 0.15) is 29.2 Å². The SMILES string of the molecule is CCOc1cc(C=Nc2ccc(C)cc2C)ccc1OCC(=O)Nc1cccc(C)c1. The zero-order valence-corrected chi connectivity index (χ0v) is 18.4. The number of carbonyl (C=O) groups excluding carboxylic acids is 1. The van der Waals surface area contributed by atoms with Crippen molar-refractivity contribution >= 4 is 23.5 Å². The molecule has 0 atom stereocenters. The number of benzene rings is 3. The average Bonchev–Trinajstić information content (AvgIpc) is 2.73. The number of ether oxygens (including phenoxy) is 2. The number of hydrogen-bond acceptors (Lipinski definition) is 4. The molecule has 5 nitrogen and oxygen atoms in total. The van der Waals surface area contributed by atoms with Crippen LogP contribution in [0.25, 0.3) is 0 Å². The maximum atomic E-state index is 12.3. The molecule has 0 fully saturated rings. The second-order valence-electron chi connectivity index (χ2n) is 7.39. The van der Waals surface area contributed by atoms with Crippen molar-refractivity contribution in [2.24, 2.45) is 4.99 Å². The van der Waals surface area contributed by atoms with Gasteiger partial charge >= 0.3 is 0 Å². The van der Waals surface area contributed by atoms with Crippen LogP contribution in [0.3, 0.4) is 0 Å². The highest BCUT2D eigenvalue weighted by molar-refractivity contribution is 5.92. The fourth-order valence-corrected chi connectivity index (χ4v) is 3.15. The third-order valence-corrected chi connectivity index (χ3v) is 4.63. The molecule has 160 valence electrons. The van der Waals surface area contributed by atoms with Gasteiger partial charge in [-0.15, -0.1) is 0 Å². The maximum Gasteiger partial charge on any atom is 0.262 e. The summed E-state index contributed by atoms with van der Waals surface area (Å²) in [5.41, 5.74) is 5.98. The first-order chi connectivity index (χ1) is 14.9. The van der Waals surface area contributed by atoms with Crippen LogP contribution in [0, 0.1) is 20.8 Å². The van der Waals surface area contributed by atoms with Crippen LogP contribution >= 0.6 is 0 Å². The van der Waals surface area contributed by atoms with E-state index in [1.807, 2.05) is 69.3 Å². The van der Waals surface area contributed by atoms with E-state index < -0.39 is 0 Å². The van der Waals surface area contributed by atoms with Gasteiger partial charge in [-0.2, -0.15) is 0 Å². The first-order valence-corrected chi connectivity index (χ1v) is 10.3. The van der Waals surface area contributed by atoms with Crippen molar-refractivity contribution < 1.29 is 14.3 Å². The molecule has 0 saturated heterocycles. The molecule has 31 heavy (non-hydrogen) atoms. The molecule has 0 spiro atoms. The van der Waals surface area contributed by atoms with Crippen LogP contribution in [-0.2, 0) is 4.79 Å². The van der Waals surface area contributed by atoms with Crippen LogP contribution in [0.5, 0.6) is 11.5 Å². The predicted octanol–water partition coefficient (Wildman–Crippen LogP) is 5.78. The molecule has 0 radical (unpaired) electrons. The van der Waals surface area contributed by atoms with Crippen molar-refractivity contribution in [3.8, 4) is 11.5 Å². The average molecular weight is 417 g/mol. The van der Waals surface area contributed by atoms with Crippen molar-refractivity contribution in [1.29, 1.82) is 0 Å². The van der Waals surface area contributed by atoms with Gasteiger partial charge in [-0.25, -0.2) is 0 Å². The standard InChI is InChI=1S/C26H28N2O3/c1-5-30-25-15-21(16-27-23-11-9-19(3)13-20(23)4)10-12-24(25)31-17-26(29)28-22-8-6-7-18(2)14-22/h6-16H,5,17H2,1-4H3,(H,28,29). The highest BCUT2D eigenvalue weighted by atomic mass is 16.5. The maximum absolute atomic E-state index is 12.3. The van der Waals surface area contributed by atoms with E-state index in [0.717, 1.165) is 28.1 Å². The summed E-state index contributed by atoms with van der Waals surface area (Å²) in [6, 6.07) is 19.4. The number of nitrogens with zero attached hydrogens (tertiary/aromatic N) is 1. The molecular weight excluding hydrogens is 388 g/mol. The Morgan fingerprint density at radius 1 is 0.935 bits per heavy atom. The van der Waals surface area contributed by atoms with Gasteiger partial charge < -0.3 is 14.8 Å². The summed E-state index contributed by atoms with van der Waals surface area (Å²) in [6.45, 7) is 8.38. The molecule has 5 heteroatoms. The Balaban J connectivity index is 1.68. The van der Waals surface area contributed by atoms with E-state index in [-0.39, 0.29) is 12.5 Å². The highest BCUT2D eigenvalue weighted by Crippen LogP contribution is 2.28. The number of rotatable bonds is 8.